The van der Waals surface area contributed by atoms with Gasteiger partial charge in [0.1, 0.15) is 0 Å². The quantitative estimate of drug-likeness (QED) is 0.516. The summed E-state index contributed by atoms with van der Waals surface area (Å²) in [5.41, 5.74) is 0. The monoisotopic (exact) mass is 228 g/mol. The highest BCUT2D eigenvalue weighted by atomic mass is 15.0. The van der Waals surface area contributed by atoms with Crippen LogP contribution in [-0.4, -0.2) is 38.6 Å². The number of hydrogen-bond donors (Lipinski definition) is 1. The van der Waals surface area contributed by atoms with Crippen LogP contribution in [0.2, 0.25) is 0 Å². The molecule has 0 heterocycles. The molecule has 0 unspecified atom stereocenters. The van der Waals surface area contributed by atoms with Gasteiger partial charge in [0.2, 0.25) is 0 Å². The van der Waals surface area contributed by atoms with Gasteiger partial charge in [-0.05, 0) is 46.6 Å². The van der Waals surface area contributed by atoms with Gasteiger partial charge in [0.25, 0.3) is 0 Å². The highest BCUT2D eigenvalue weighted by Gasteiger charge is 1.92. The lowest BCUT2D eigenvalue weighted by Crippen LogP contribution is -2.22. The van der Waals surface area contributed by atoms with Crippen LogP contribution in [0.1, 0.15) is 58.3 Å². The van der Waals surface area contributed by atoms with Crippen LogP contribution in [0.25, 0.3) is 0 Å². The Morgan fingerprint density at radius 2 is 1.31 bits per heavy atom. The van der Waals surface area contributed by atoms with Crippen LogP contribution < -0.4 is 5.32 Å². The van der Waals surface area contributed by atoms with E-state index in [4.69, 9.17) is 0 Å². The second-order valence-corrected chi connectivity index (χ2v) is 5.03. The maximum Gasteiger partial charge on any atom is -0.00127 e. The van der Waals surface area contributed by atoms with Crippen molar-refractivity contribution >= 4 is 0 Å². The summed E-state index contributed by atoms with van der Waals surface area (Å²) in [6, 6.07) is 0. The molecular weight excluding hydrogens is 196 g/mol. The third kappa shape index (κ3) is 13.9. The highest BCUT2D eigenvalue weighted by molar-refractivity contribution is 4.52. The first-order valence-electron chi connectivity index (χ1n) is 7.12. The summed E-state index contributed by atoms with van der Waals surface area (Å²) < 4.78 is 0. The normalized spacial score (nSPS) is 11.2. The molecule has 0 saturated carbocycles. The van der Waals surface area contributed by atoms with Gasteiger partial charge in [0.15, 0.2) is 0 Å². The molecule has 0 aromatic carbocycles. The zero-order valence-corrected chi connectivity index (χ0v) is 11.7. The Kier molecular flexibility index (Phi) is 12.9. The van der Waals surface area contributed by atoms with E-state index in [1.165, 1.54) is 71.0 Å². The molecule has 0 fully saturated rings. The first-order chi connectivity index (χ1) is 7.77. The van der Waals surface area contributed by atoms with E-state index in [0.29, 0.717) is 0 Å². The SMILES string of the molecule is CCCCCCCCCNCCCN(C)C. The Bertz CT molecular complexity index is 124. The Labute approximate surface area is 103 Å². The summed E-state index contributed by atoms with van der Waals surface area (Å²) in [5, 5.41) is 3.52. The summed E-state index contributed by atoms with van der Waals surface area (Å²) in [6.45, 7) is 5.86. The Morgan fingerprint density at radius 3 is 1.94 bits per heavy atom. The Morgan fingerprint density at radius 1 is 0.750 bits per heavy atom. The van der Waals surface area contributed by atoms with Gasteiger partial charge in [-0.25, -0.2) is 0 Å². The molecule has 0 rings (SSSR count). The van der Waals surface area contributed by atoms with E-state index in [9.17, 15) is 0 Å². The summed E-state index contributed by atoms with van der Waals surface area (Å²) >= 11 is 0. The van der Waals surface area contributed by atoms with Crippen LogP contribution in [0.15, 0.2) is 0 Å². The van der Waals surface area contributed by atoms with Gasteiger partial charge in [-0.1, -0.05) is 45.4 Å². The Balaban J connectivity index is 2.88. The van der Waals surface area contributed by atoms with Crippen LogP contribution in [0.3, 0.4) is 0 Å². The van der Waals surface area contributed by atoms with E-state index < -0.39 is 0 Å². The van der Waals surface area contributed by atoms with Gasteiger partial charge in [0, 0.05) is 0 Å². The second kappa shape index (κ2) is 13.0. The van der Waals surface area contributed by atoms with Crippen molar-refractivity contribution in [3.63, 3.8) is 0 Å². The molecule has 16 heavy (non-hydrogen) atoms. The molecule has 0 amide bonds. The zero-order valence-electron chi connectivity index (χ0n) is 11.7. The van der Waals surface area contributed by atoms with Gasteiger partial charge < -0.3 is 10.2 Å². The van der Waals surface area contributed by atoms with Crippen molar-refractivity contribution in [3.8, 4) is 0 Å². The van der Waals surface area contributed by atoms with Crippen molar-refractivity contribution in [1.29, 1.82) is 0 Å². The number of nitrogens with zero attached hydrogens (tertiary/aromatic N) is 1. The van der Waals surface area contributed by atoms with Gasteiger partial charge in [-0.3, -0.25) is 0 Å². The van der Waals surface area contributed by atoms with Crippen LogP contribution in [0.5, 0.6) is 0 Å². The van der Waals surface area contributed by atoms with E-state index in [0.717, 1.165) is 0 Å². The summed E-state index contributed by atoms with van der Waals surface area (Å²) in [7, 11) is 4.27. The molecule has 0 aliphatic rings. The molecule has 0 spiro atoms. The molecule has 0 saturated heterocycles. The fraction of sp³-hybridized carbons (Fsp3) is 1.00. The minimum absolute atomic E-state index is 1.17. The second-order valence-electron chi connectivity index (χ2n) is 5.03. The van der Waals surface area contributed by atoms with Gasteiger partial charge in [-0.15, -0.1) is 0 Å². The fourth-order valence-corrected chi connectivity index (χ4v) is 1.85. The highest BCUT2D eigenvalue weighted by Crippen LogP contribution is 2.06. The molecule has 98 valence electrons. The molecule has 2 nitrogen and oxygen atoms in total. The fourth-order valence-electron chi connectivity index (χ4n) is 1.85. The molecular formula is C14H32N2. The number of nitrogens with one attached hydrogen (secondary N) is 1. The zero-order chi connectivity index (χ0) is 12.1. The smallest absolute Gasteiger partial charge is 0.00127 e. The van der Waals surface area contributed by atoms with E-state index in [-0.39, 0.29) is 0 Å². The van der Waals surface area contributed by atoms with E-state index in [1.54, 1.807) is 0 Å². The molecule has 0 bridgehead atoms. The van der Waals surface area contributed by atoms with Gasteiger partial charge >= 0.3 is 0 Å². The van der Waals surface area contributed by atoms with Crippen LogP contribution in [0.4, 0.5) is 0 Å². The van der Waals surface area contributed by atoms with Crippen molar-refractivity contribution in [2.24, 2.45) is 0 Å². The largest absolute Gasteiger partial charge is 0.317 e. The molecule has 1 N–H and O–H groups in total. The molecule has 2 heteroatoms. The van der Waals surface area contributed by atoms with E-state index in [1.807, 2.05) is 0 Å². The molecule has 0 radical (unpaired) electrons. The number of hydrogen-bond acceptors (Lipinski definition) is 2. The third-order valence-corrected chi connectivity index (χ3v) is 2.92. The summed E-state index contributed by atoms with van der Waals surface area (Å²) in [6.07, 6.45) is 11.1. The van der Waals surface area contributed by atoms with Crippen molar-refractivity contribution in [3.05, 3.63) is 0 Å². The molecule has 0 atom stereocenters. The summed E-state index contributed by atoms with van der Waals surface area (Å²) in [4.78, 5) is 2.25. The molecule has 0 aromatic rings. The first kappa shape index (κ1) is 15.9. The van der Waals surface area contributed by atoms with Crippen LogP contribution >= 0.6 is 0 Å². The standard InChI is InChI=1S/C14H32N2/c1-4-5-6-7-8-9-10-12-15-13-11-14-16(2)3/h15H,4-14H2,1-3H3. The van der Waals surface area contributed by atoms with E-state index in [2.05, 4.69) is 31.2 Å². The summed E-state index contributed by atoms with van der Waals surface area (Å²) in [5.74, 6) is 0. The van der Waals surface area contributed by atoms with Crippen molar-refractivity contribution in [2.75, 3.05) is 33.7 Å². The first-order valence-corrected chi connectivity index (χ1v) is 7.12. The Hall–Kier alpha value is -0.0800. The number of unbranched alkanes of at least 4 members (excludes halogenated alkanes) is 6. The van der Waals surface area contributed by atoms with Gasteiger partial charge in [0.05, 0.1) is 0 Å². The predicted molar refractivity (Wildman–Crippen MR) is 74.0 cm³/mol. The molecule has 0 aromatic heterocycles. The van der Waals surface area contributed by atoms with Crippen molar-refractivity contribution < 1.29 is 0 Å². The van der Waals surface area contributed by atoms with Crippen molar-refractivity contribution in [1.82, 2.24) is 10.2 Å². The average molecular weight is 228 g/mol. The van der Waals surface area contributed by atoms with E-state index >= 15 is 0 Å². The molecule has 0 aliphatic heterocycles. The average Bonchev–Trinajstić information content (AvgIpc) is 2.25. The minimum atomic E-state index is 1.17. The topological polar surface area (TPSA) is 15.3 Å². The lowest BCUT2D eigenvalue weighted by atomic mass is 10.1. The lowest BCUT2D eigenvalue weighted by Gasteiger charge is -2.09. The van der Waals surface area contributed by atoms with Gasteiger partial charge in [-0.2, -0.15) is 0 Å². The number of rotatable bonds is 12. The predicted octanol–water partition coefficient (Wildman–Crippen LogP) is 3.28. The maximum absolute atomic E-state index is 3.52. The van der Waals surface area contributed by atoms with Crippen molar-refractivity contribution in [2.45, 2.75) is 58.3 Å². The van der Waals surface area contributed by atoms with Crippen LogP contribution in [0, 0.1) is 0 Å². The molecule has 0 aliphatic carbocycles. The maximum atomic E-state index is 3.52. The third-order valence-electron chi connectivity index (χ3n) is 2.92. The minimum Gasteiger partial charge on any atom is -0.317 e. The van der Waals surface area contributed by atoms with Crippen LogP contribution in [-0.2, 0) is 0 Å². The lowest BCUT2D eigenvalue weighted by molar-refractivity contribution is 0.394.